The first kappa shape index (κ1) is 9.79. The van der Waals surface area contributed by atoms with Crippen LogP contribution in [-0.2, 0) is 4.79 Å². The van der Waals surface area contributed by atoms with Gasteiger partial charge in [-0.2, -0.15) is 0 Å². The summed E-state index contributed by atoms with van der Waals surface area (Å²) in [7, 11) is 0. The fourth-order valence-corrected chi connectivity index (χ4v) is 1.72. The molecule has 5 nitrogen and oxygen atoms in total. The van der Waals surface area contributed by atoms with Crippen LogP contribution in [-0.4, -0.2) is 16.9 Å². The molecule has 0 saturated carbocycles. The van der Waals surface area contributed by atoms with Crippen LogP contribution >= 0.6 is 11.6 Å². The Morgan fingerprint density at radius 1 is 1.40 bits per heavy atom. The van der Waals surface area contributed by atoms with Crippen molar-refractivity contribution >= 4 is 22.5 Å². The van der Waals surface area contributed by atoms with E-state index < -0.39 is 16.9 Å². The molecule has 1 aromatic carbocycles. The Kier molecular flexibility index (Phi) is 2.24. The predicted octanol–water partition coefficient (Wildman–Crippen LogP) is -0.161. The SMILES string of the molecule is O=C1N=c2ccccc2=C(Cl)C1[N+](=O)[O-]. The van der Waals surface area contributed by atoms with Gasteiger partial charge >= 0.3 is 11.9 Å². The van der Waals surface area contributed by atoms with Crippen molar-refractivity contribution in [2.24, 2.45) is 4.99 Å². The molecule has 1 aromatic rings. The van der Waals surface area contributed by atoms with Crippen LogP contribution in [0.1, 0.15) is 0 Å². The number of nitrogens with zero attached hydrogens (tertiary/aromatic N) is 2. The van der Waals surface area contributed by atoms with Crippen molar-refractivity contribution in [3.05, 3.63) is 45.0 Å². The molecule has 1 unspecified atom stereocenters. The minimum atomic E-state index is -1.55. The molecular formula is C9H5ClN2O3. The van der Waals surface area contributed by atoms with Crippen LogP contribution in [0.3, 0.4) is 0 Å². The lowest BCUT2D eigenvalue weighted by atomic mass is 10.1. The van der Waals surface area contributed by atoms with Gasteiger partial charge < -0.3 is 0 Å². The van der Waals surface area contributed by atoms with Gasteiger partial charge in [0.15, 0.2) is 0 Å². The lowest BCUT2D eigenvalue weighted by Gasteiger charge is -2.08. The van der Waals surface area contributed by atoms with E-state index in [0.717, 1.165) is 0 Å². The molecule has 0 aromatic heterocycles. The van der Waals surface area contributed by atoms with Crippen LogP contribution < -0.4 is 10.6 Å². The van der Waals surface area contributed by atoms with E-state index in [1.54, 1.807) is 24.3 Å². The number of hydrogen-bond acceptors (Lipinski definition) is 3. The fourth-order valence-electron chi connectivity index (χ4n) is 1.39. The molecule has 2 rings (SSSR count). The standard InChI is InChI=1S/C9H5ClN2O3/c10-7-5-3-1-2-4-6(5)11-9(13)8(7)12(14)15/h1-4,8H. The lowest BCUT2D eigenvalue weighted by Crippen LogP contribution is -2.42. The Labute approximate surface area is 88.8 Å². The third kappa shape index (κ3) is 1.50. The van der Waals surface area contributed by atoms with Crippen molar-refractivity contribution in [1.82, 2.24) is 0 Å². The number of halogens is 1. The number of para-hydroxylation sites is 1. The highest BCUT2D eigenvalue weighted by molar-refractivity contribution is 6.47. The molecule has 6 heteroatoms. The van der Waals surface area contributed by atoms with E-state index in [2.05, 4.69) is 4.99 Å². The number of benzene rings is 1. The molecule has 0 aliphatic carbocycles. The Morgan fingerprint density at radius 2 is 2.07 bits per heavy atom. The Bertz CT molecular complexity index is 567. The molecule has 0 fully saturated rings. The molecule has 0 radical (unpaired) electrons. The van der Waals surface area contributed by atoms with Crippen LogP contribution in [0.15, 0.2) is 29.3 Å². The van der Waals surface area contributed by atoms with E-state index in [-0.39, 0.29) is 5.03 Å². The maximum Gasteiger partial charge on any atom is 0.328 e. The van der Waals surface area contributed by atoms with Gasteiger partial charge in [-0.1, -0.05) is 29.8 Å². The van der Waals surface area contributed by atoms with Gasteiger partial charge in [0.05, 0.1) is 5.36 Å². The van der Waals surface area contributed by atoms with Crippen LogP contribution in [0.25, 0.3) is 5.03 Å². The van der Waals surface area contributed by atoms with Gasteiger partial charge in [0.1, 0.15) is 5.03 Å². The van der Waals surface area contributed by atoms with Crippen molar-refractivity contribution in [3.8, 4) is 0 Å². The van der Waals surface area contributed by atoms with Gasteiger partial charge in [-0.3, -0.25) is 14.9 Å². The summed E-state index contributed by atoms with van der Waals surface area (Å²) >= 11 is 5.80. The highest BCUT2D eigenvalue weighted by atomic mass is 35.5. The van der Waals surface area contributed by atoms with Gasteiger partial charge in [-0.05, 0) is 6.07 Å². The molecule has 1 aliphatic heterocycles. The zero-order valence-electron chi connectivity index (χ0n) is 7.38. The monoisotopic (exact) mass is 224 g/mol. The average molecular weight is 225 g/mol. The summed E-state index contributed by atoms with van der Waals surface area (Å²) in [4.78, 5) is 24.8. The highest BCUT2D eigenvalue weighted by Crippen LogP contribution is 2.13. The summed E-state index contributed by atoms with van der Waals surface area (Å²) < 4.78 is 0. The van der Waals surface area contributed by atoms with Crippen molar-refractivity contribution in [3.63, 3.8) is 0 Å². The van der Waals surface area contributed by atoms with E-state index in [1.165, 1.54) is 0 Å². The third-order valence-electron chi connectivity index (χ3n) is 2.08. The molecule has 1 heterocycles. The zero-order valence-corrected chi connectivity index (χ0v) is 8.14. The minimum absolute atomic E-state index is 0.0735. The van der Waals surface area contributed by atoms with E-state index in [0.29, 0.717) is 10.6 Å². The van der Waals surface area contributed by atoms with Crippen molar-refractivity contribution in [2.45, 2.75) is 6.04 Å². The topological polar surface area (TPSA) is 72.6 Å². The maximum atomic E-state index is 11.3. The second-order valence-corrected chi connectivity index (χ2v) is 3.41. The van der Waals surface area contributed by atoms with E-state index in [9.17, 15) is 14.9 Å². The van der Waals surface area contributed by atoms with Crippen molar-refractivity contribution in [2.75, 3.05) is 0 Å². The van der Waals surface area contributed by atoms with Crippen LogP contribution in [0.2, 0.25) is 0 Å². The smallest absolute Gasteiger partial charge is 0.264 e. The molecule has 15 heavy (non-hydrogen) atoms. The Morgan fingerprint density at radius 3 is 2.73 bits per heavy atom. The number of amides is 1. The average Bonchev–Trinajstić information content (AvgIpc) is 2.17. The molecule has 1 aliphatic rings. The first-order valence-corrected chi connectivity index (χ1v) is 4.50. The predicted molar refractivity (Wildman–Crippen MR) is 52.3 cm³/mol. The number of hydrogen-bond donors (Lipinski definition) is 0. The van der Waals surface area contributed by atoms with Gasteiger partial charge in [0.25, 0.3) is 0 Å². The molecule has 0 spiro atoms. The van der Waals surface area contributed by atoms with E-state index >= 15 is 0 Å². The fraction of sp³-hybridized carbons (Fsp3) is 0.111. The van der Waals surface area contributed by atoms with E-state index in [1.807, 2.05) is 0 Å². The van der Waals surface area contributed by atoms with Crippen LogP contribution in [0, 0.1) is 10.1 Å². The van der Waals surface area contributed by atoms with Crippen LogP contribution in [0.4, 0.5) is 0 Å². The summed E-state index contributed by atoms with van der Waals surface area (Å²) in [6.07, 6.45) is 0. The van der Waals surface area contributed by atoms with E-state index in [4.69, 9.17) is 11.6 Å². The zero-order chi connectivity index (χ0) is 11.0. The molecule has 0 N–H and O–H groups in total. The molecule has 1 amide bonds. The summed E-state index contributed by atoms with van der Waals surface area (Å²) in [5.41, 5.74) is 0. The summed E-state index contributed by atoms with van der Waals surface area (Å²) in [5.74, 6) is -0.830. The Balaban J connectivity index is 2.80. The second-order valence-electron chi connectivity index (χ2n) is 3.00. The third-order valence-corrected chi connectivity index (χ3v) is 2.49. The van der Waals surface area contributed by atoms with Gasteiger partial charge in [-0.25, -0.2) is 4.99 Å². The molecular weight excluding hydrogens is 220 g/mol. The van der Waals surface area contributed by atoms with Gasteiger partial charge in [0.2, 0.25) is 0 Å². The minimum Gasteiger partial charge on any atom is -0.264 e. The first-order chi connectivity index (χ1) is 7.11. The van der Waals surface area contributed by atoms with Gasteiger partial charge in [0, 0.05) is 10.1 Å². The highest BCUT2D eigenvalue weighted by Gasteiger charge is 2.35. The number of nitro groups is 1. The summed E-state index contributed by atoms with van der Waals surface area (Å²) in [6, 6.07) is 5.01. The van der Waals surface area contributed by atoms with Crippen molar-refractivity contribution in [1.29, 1.82) is 0 Å². The number of fused-ring (bicyclic) bond motifs is 1. The number of rotatable bonds is 1. The Hall–Kier alpha value is -1.75. The number of carbonyl (C=O) groups is 1. The molecule has 0 bridgehead atoms. The largest absolute Gasteiger partial charge is 0.328 e. The van der Waals surface area contributed by atoms with Crippen molar-refractivity contribution < 1.29 is 9.72 Å². The van der Waals surface area contributed by atoms with Gasteiger partial charge in [-0.15, -0.1) is 0 Å². The normalized spacial score (nSPS) is 19.4. The molecule has 1 atom stereocenters. The molecule has 0 saturated heterocycles. The maximum absolute atomic E-state index is 11.3. The summed E-state index contributed by atoms with van der Waals surface area (Å²) in [6.45, 7) is 0. The first-order valence-electron chi connectivity index (χ1n) is 4.12. The molecule has 76 valence electrons. The van der Waals surface area contributed by atoms with Crippen LogP contribution in [0.5, 0.6) is 0 Å². The summed E-state index contributed by atoms with van der Waals surface area (Å²) in [5, 5.41) is 11.4. The second kappa shape index (κ2) is 3.43. The lowest BCUT2D eigenvalue weighted by molar-refractivity contribution is -0.491. The quantitative estimate of drug-likeness (QED) is 0.491. The number of carbonyl (C=O) groups excluding carboxylic acids is 1.